The lowest BCUT2D eigenvalue weighted by Crippen LogP contribution is -2.46. The molecule has 2 aromatic carbocycles. The molecule has 1 aromatic heterocycles. The van der Waals surface area contributed by atoms with Gasteiger partial charge in [0, 0.05) is 37.0 Å². The van der Waals surface area contributed by atoms with Gasteiger partial charge < -0.3 is 34.6 Å². The van der Waals surface area contributed by atoms with E-state index in [0.717, 1.165) is 24.1 Å². The number of amides is 1. The molecule has 6 rings (SSSR count). The third-order valence-corrected chi connectivity index (χ3v) is 9.63. The second kappa shape index (κ2) is 11.8. The highest BCUT2D eigenvalue weighted by molar-refractivity contribution is 7.78. The van der Waals surface area contributed by atoms with Gasteiger partial charge in [0.1, 0.15) is 17.0 Å². The fourth-order valence-corrected chi connectivity index (χ4v) is 6.97. The van der Waals surface area contributed by atoms with Crippen LogP contribution in [-0.2, 0) is 26.4 Å². The topological polar surface area (TPSA) is 141 Å². The van der Waals surface area contributed by atoms with E-state index in [0.29, 0.717) is 60.4 Å². The number of hydrogen-bond donors (Lipinski definition) is 4. The molecule has 2 heterocycles. The maximum absolute atomic E-state index is 13.9. The molecule has 0 spiro atoms. The predicted molar refractivity (Wildman–Crippen MR) is 161 cm³/mol. The van der Waals surface area contributed by atoms with Crippen molar-refractivity contribution in [2.45, 2.75) is 38.5 Å². The maximum atomic E-state index is 13.9. The number of nitrogens with one attached hydrogen (secondary N) is 3. The minimum absolute atomic E-state index is 0.0120. The van der Waals surface area contributed by atoms with E-state index >= 15 is 0 Å². The zero-order chi connectivity index (χ0) is 30.3. The summed E-state index contributed by atoms with van der Waals surface area (Å²) in [7, 11) is 0. The molecule has 1 amide bonds. The van der Waals surface area contributed by atoms with E-state index in [2.05, 4.69) is 29.5 Å². The van der Waals surface area contributed by atoms with Crippen molar-refractivity contribution >= 4 is 40.0 Å². The summed E-state index contributed by atoms with van der Waals surface area (Å²) >= 11 is -2.07. The maximum Gasteiger partial charge on any atom is 0.293 e. The van der Waals surface area contributed by atoms with Gasteiger partial charge in [0.25, 0.3) is 5.91 Å². The van der Waals surface area contributed by atoms with Gasteiger partial charge in [0.2, 0.25) is 5.76 Å². The number of carbonyl (C=O) groups excluding carboxylic acids is 1. The number of allylic oxidation sites excluding steroid dienone is 1. The highest BCUT2D eigenvalue weighted by Gasteiger charge is 2.59. The first kappa shape index (κ1) is 29.5. The van der Waals surface area contributed by atoms with Crippen molar-refractivity contribution < 1.29 is 27.1 Å². The summed E-state index contributed by atoms with van der Waals surface area (Å²) in [4.78, 5) is 19.8. The van der Waals surface area contributed by atoms with E-state index in [9.17, 15) is 17.9 Å². The van der Waals surface area contributed by atoms with Crippen molar-refractivity contribution in [2.75, 3.05) is 31.6 Å². The first-order valence-corrected chi connectivity index (χ1v) is 15.8. The van der Waals surface area contributed by atoms with Crippen LogP contribution < -0.4 is 10.6 Å². The van der Waals surface area contributed by atoms with Crippen LogP contribution in [0.3, 0.4) is 0 Å². The number of piperazine rings is 1. The number of anilines is 1. The van der Waals surface area contributed by atoms with Crippen molar-refractivity contribution in [1.29, 1.82) is 5.41 Å². The normalized spacial score (nSPS) is 27.8. The van der Waals surface area contributed by atoms with Crippen LogP contribution >= 0.6 is 0 Å². The van der Waals surface area contributed by atoms with Crippen LogP contribution in [0, 0.1) is 34.4 Å². The molecule has 4 N–H and O–H groups in total. The molecule has 6 atom stereocenters. The largest absolute Gasteiger partial charge is 0.486 e. The van der Waals surface area contributed by atoms with Crippen LogP contribution in [-0.4, -0.2) is 57.0 Å². The summed E-state index contributed by atoms with van der Waals surface area (Å²) in [6, 6.07) is 8.93. The summed E-state index contributed by atoms with van der Waals surface area (Å²) in [6.07, 6.45) is 4.72. The number of benzene rings is 2. The third-order valence-electron chi connectivity index (χ3n) is 9.08. The van der Waals surface area contributed by atoms with E-state index in [4.69, 9.17) is 14.6 Å². The molecule has 5 unspecified atom stereocenters. The first-order valence-electron chi connectivity index (χ1n) is 14.5. The van der Waals surface area contributed by atoms with Gasteiger partial charge in [0.05, 0.1) is 18.4 Å². The van der Waals surface area contributed by atoms with Crippen molar-refractivity contribution in [3.05, 3.63) is 71.2 Å². The number of aromatic nitrogens is 1. The number of hydrogen-bond acceptors (Lipinski definition) is 8. The van der Waals surface area contributed by atoms with Gasteiger partial charge >= 0.3 is 0 Å². The van der Waals surface area contributed by atoms with Crippen LogP contribution in [0.25, 0.3) is 11.1 Å². The molecule has 3 aliphatic rings. The molecule has 0 bridgehead atoms. The molecule has 0 radical (unpaired) electrons. The number of fused-ring (bicyclic) bond motifs is 1. The second-order valence-electron chi connectivity index (χ2n) is 12.2. The average molecular weight is 610 g/mol. The summed E-state index contributed by atoms with van der Waals surface area (Å²) in [5.41, 5.74) is 3.14. The van der Waals surface area contributed by atoms with Crippen molar-refractivity contribution in [2.24, 2.45) is 23.2 Å². The van der Waals surface area contributed by atoms with Gasteiger partial charge in [-0.3, -0.25) is 4.79 Å². The zero-order valence-corrected chi connectivity index (χ0v) is 25.0. The van der Waals surface area contributed by atoms with Crippen LogP contribution in [0.15, 0.2) is 58.7 Å². The van der Waals surface area contributed by atoms with Gasteiger partial charge in [-0.25, -0.2) is 13.6 Å². The molecule has 12 heteroatoms. The number of rotatable bonds is 11. The summed E-state index contributed by atoms with van der Waals surface area (Å²) in [6.45, 7) is 6.16. The lowest BCUT2D eigenvalue weighted by Gasteiger charge is -2.37. The Kier molecular flexibility index (Phi) is 8.10. The SMILES string of the molecule is CC1C[C@@H]1C1CC1(C)CO/C(C(=O)Nc1cccc(F)c1)=C(/C=N)N1CCNC(c2cc3ocnc3cc2CS(=O)O)C1. The highest BCUT2D eigenvalue weighted by Crippen LogP contribution is 2.65. The van der Waals surface area contributed by atoms with E-state index in [-0.39, 0.29) is 28.7 Å². The molecular weight excluding hydrogens is 573 g/mol. The molecular formula is C31H36FN5O5S. The van der Waals surface area contributed by atoms with Crippen LogP contribution in [0.5, 0.6) is 0 Å². The minimum atomic E-state index is -2.07. The standard InChI is InChI=1S/C31H36FN5O5S/c1-18-8-22(18)24-12-31(24,2)16-41-29(30(38)36-21-5-3-4-20(32)10-21)27(13-33)37-7-6-34-26(14-37)23-11-28-25(35-17-42-28)9-19(23)15-43(39)40/h3-5,9-11,13,17-18,22,24,26,33-34H,6-8,12,14-16H2,1-2H3,(H,36,38)(H,39,40)/b29-27-,33-13?/t18?,22-,24?,26?,31?/m0/s1. The van der Waals surface area contributed by atoms with Gasteiger partial charge in [-0.15, -0.1) is 0 Å². The summed E-state index contributed by atoms with van der Waals surface area (Å²) in [5.74, 6) is 0.880. The Morgan fingerprint density at radius 2 is 2.21 bits per heavy atom. The number of carbonyl (C=O) groups is 1. The van der Waals surface area contributed by atoms with Crippen LogP contribution in [0.4, 0.5) is 10.1 Å². The first-order chi connectivity index (χ1) is 20.6. The Hall–Kier alpha value is -3.61. The molecule has 43 heavy (non-hydrogen) atoms. The molecule has 3 aromatic rings. The minimum Gasteiger partial charge on any atom is -0.486 e. The Balaban J connectivity index is 1.29. The average Bonchev–Trinajstić information content (AvgIpc) is 3.80. The predicted octanol–water partition coefficient (Wildman–Crippen LogP) is 4.83. The molecule has 10 nitrogen and oxygen atoms in total. The van der Waals surface area contributed by atoms with Gasteiger partial charge in [0.15, 0.2) is 23.1 Å². The molecule has 2 aliphatic carbocycles. The summed E-state index contributed by atoms with van der Waals surface area (Å²) in [5, 5.41) is 14.6. The molecule has 1 aliphatic heterocycles. The fraction of sp³-hybridized carbons (Fsp3) is 0.452. The second-order valence-corrected chi connectivity index (χ2v) is 13.2. The quantitative estimate of drug-likeness (QED) is 0.105. The number of oxazole rings is 1. The van der Waals surface area contributed by atoms with E-state index < -0.39 is 22.8 Å². The van der Waals surface area contributed by atoms with Gasteiger partial charge in [-0.2, -0.15) is 0 Å². The fourth-order valence-electron chi connectivity index (χ4n) is 6.46. The lowest BCUT2D eigenvalue weighted by molar-refractivity contribution is -0.116. The van der Waals surface area contributed by atoms with Crippen molar-refractivity contribution in [1.82, 2.24) is 15.2 Å². The van der Waals surface area contributed by atoms with Crippen LogP contribution in [0.1, 0.15) is 43.9 Å². The third kappa shape index (κ3) is 6.36. The van der Waals surface area contributed by atoms with Gasteiger partial charge in [-0.05, 0) is 72.1 Å². The van der Waals surface area contributed by atoms with Gasteiger partial charge in [-0.1, -0.05) is 19.9 Å². The van der Waals surface area contributed by atoms with E-state index in [1.54, 1.807) is 12.1 Å². The number of nitrogens with zero attached hydrogens (tertiary/aromatic N) is 2. The lowest BCUT2D eigenvalue weighted by atomic mass is 9.98. The molecule has 2 saturated carbocycles. The smallest absolute Gasteiger partial charge is 0.293 e. The van der Waals surface area contributed by atoms with E-state index in [1.165, 1.54) is 31.0 Å². The van der Waals surface area contributed by atoms with Crippen molar-refractivity contribution in [3.63, 3.8) is 0 Å². The molecule has 3 fully saturated rings. The molecule has 1 saturated heterocycles. The number of halogens is 1. The van der Waals surface area contributed by atoms with E-state index in [1.807, 2.05) is 11.0 Å². The van der Waals surface area contributed by atoms with Crippen LogP contribution in [0.2, 0.25) is 0 Å². The Bertz CT molecular complexity index is 1610. The highest BCUT2D eigenvalue weighted by atomic mass is 32.2. The Labute approximate surface area is 251 Å². The molecule has 228 valence electrons. The number of ether oxygens (including phenoxy) is 1. The van der Waals surface area contributed by atoms with Crippen molar-refractivity contribution in [3.8, 4) is 0 Å². The zero-order valence-electron chi connectivity index (χ0n) is 24.1. The Morgan fingerprint density at radius 1 is 1.40 bits per heavy atom. The summed E-state index contributed by atoms with van der Waals surface area (Å²) < 4.78 is 47.2. The monoisotopic (exact) mass is 609 g/mol. The Morgan fingerprint density at radius 3 is 2.93 bits per heavy atom.